The summed E-state index contributed by atoms with van der Waals surface area (Å²) < 4.78 is 24.5. The average Bonchev–Trinajstić information content (AvgIpc) is 3.06. The van der Waals surface area contributed by atoms with Gasteiger partial charge in [0.2, 0.25) is 5.91 Å². The number of methoxy groups -OCH3 is 2. The van der Waals surface area contributed by atoms with Crippen LogP contribution in [0.4, 0.5) is 4.39 Å². The Morgan fingerprint density at radius 2 is 1.90 bits per heavy atom. The standard InChI is InChI=1S/C23H25FN2O3/c1-14-5-8-18(24)23-22(14)17(15(2)26-23)11-12-25-21(27)10-7-16-6-9-19(28-3)20(13-16)29-4/h5-10,13,26H,11-12H2,1-4H3,(H,25,27)/b10-7+. The van der Waals surface area contributed by atoms with Crippen molar-refractivity contribution in [3.63, 3.8) is 0 Å². The number of H-pyrrole nitrogens is 1. The molecule has 0 aliphatic carbocycles. The van der Waals surface area contributed by atoms with Crippen molar-refractivity contribution < 1.29 is 18.7 Å². The van der Waals surface area contributed by atoms with Crippen molar-refractivity contribution in [3.05, 3.63) is 64.6 Å². The fraction of sp³-hybridized carbons (Fsp3) is 0.261. The molecule has 0 fully saturated rings. The van der Waals surface area contributed by atoms with E-state index < -0.39 is 0 Å². The van der Waals surface area contributed by atoms with Gasteiger partial charge in [0, 0.05) is 23.7 Å². The third kappa shape index (κ3) is 4.42. The molecule has 152 valence electrons. The predicted molar refractivity (Wildman–Crippen MR) is 113 cm³/mol. The van der Waals surface area contributed by atoms with Crippen LogP contribution in [0.5, 0.6) is 11.5 Å². The lowest BCUT2D eigenvalue weighted by Gasteiger charge is -2.07. The molecule has 0 atom stereocenters. The van der Waals surface area contributed by atoms with Crippen LogP contribution in [0.1, 0.15) is 22.4 Å². The number of ether oxygens (including phenoxy) is 2. The highest BCUT2D eigenvalue weighted by atomic mass is 19.1. The summed E-state index contributed by atoms with van der Waals surface area (Å²) in [4.78, 5) is 15.3. The number of carbonyl (C=O) groups is 1. The molecule has 0 unspecified atom stereocenters. The predicted octanol–water partition coefficient (Wildman–Crippen LogP) is 4.31. The zero-order valence-corrected chi connectivity index (χ0v) is 17.1. The largest absolute Gasteiger partial charge is 0.493 e. The van der Waals surface area contributed by atoms with Crippen LogP contribution in [0, 0.1) is 19.7 Å². The second-order valence-corrected chi connectivity index (χ2v) is 6.83. The lowest BCUT2D eigenvalue weighted by atomic mass is 10.0. The Labute approximate surface area is 169 Å². The highest BCUT2D eigenvalue weighted by molar-refractivity contribution is 5.92. The molecule has 6 heteroatoms. The summed E-state index contributed by atoms with van der Waals surface area (Å²) in [7, 11) is 3.14. The van der Waals surface area contributed by atoms with Gasteiger partial charge in [0.05, 0.1) is 19.7 Å². The van der Waals surface area contributed by atoms with Crippen molar-refractivity contribution in [2.24, 2.45) is 0 Å². The van der Waals surface area contributed by atoms with Gasteiger partial charge < -0.3 is 19.8 Å². The lowest BCUT2D eigenvalue weighted by molar-refractivity contribution is -0.116. The number of carbonyl (C=O) groups excluding carboxylic acids is 1. The second-order valence-electron chi connectivity index (χ2n) is 6.83. The molecule has 1 amide bonds. The number of aromatic amines is 1. The number of halogens is 1. The van der Waals surface area contributed by atoms with Crippen molar-refractivity contribution in [1.29, 1.82) is 0 Å². The lowest BCUT2D eigenvalue weighted by Crippen LogP contribution is -2.23. The first-order valence-corrected chi connectivity index (χ1v) is 9.38. The van der Waals surface area contributed by atoms with Gasteiger partial charge in [0.1, 0.15) is 5.82 Å². The molecule has 1 aromatic heterocycles. The number of nitrogens with one attached hydrogen (secondary N) is 2. The molecule has 0 saturated heterocycles. The number of rotatable bonds is 7. The summed E-state index contributed by atoms with van der Waals surface area (Å²) in [6.07, 6.45) is 3.81. The minimum Gasteiger partial charge on any atom is -0.493 e. The molecule has 0 spiro atoms. The van der Waals surface area contributed by atoms with Crippen LogP contribution in [-0.2, 0) is 11.2 Å². The molecule has 0 saturated carbocycles. The van der Waals surface area contributed by atoms with E-state index >= 15 is 0 Å². The fourth-order valence-corrected chi connectivity index (χ4v) is 3.45. The zero-order chi connectivity index (χ0) is 21.0. The van der Waals surface area contributed by atoms with E-state index in [-0.39, 0.29) is 11.7 Å². The summed E-state index contributed by atoms with van der Waals surface area (Å²) in [5.74, 6) is 0.782. The smallest absolute Gasteiger partial charge is 0.244 e. The molecule has 5 nitrogen and oxygen atoms in total. The van der Waals surface area contributed by atoms with Crippen molar-refractivity contribution >= 4 is 22.9 Å². The van der Waals surface area contributed by atoms with Gasteiger partial charge in [-0.1, -0.05) is 12.1 Å². The third-order valence-electron chi connectivity index (χ3n) is 4.94. The van der Waals surface area contributed by atoms with Crippen LogP contribution >= 0.6 is 0 Å². The van der Waals surface area contributed by atoms with E-state index in [4.69, 9.17) is 9.47 Å². The molecule has 3 aromatic rings. The quantitative estimate of drug-likeness (QED) is 0.585. The molecule has 0 aliphatic rings. The van der Waals surface area contributed by atoms with Crippen molar-refractivity contribution in [3.8, 4) is 11.5 Å². The molecule has 2 N–H and O–H groups in total. The topological polar surface area (TPSA) is 63.3 Å². The summed E-state index contributed by atoms with van der Waals surface area (Å²) >= 11 is 0. The Balaban J connectivity index is 1.64. The van der Waals surface area contributed by atoms with Gasteiger partial charge in [0.25, 0.3) is 0 Å². The van der Waals surface area contributed by atoms with E-state index in [0.29, 0.717) is 30.0 Å². The number of fused-ring (bicyclic) bond motifs is 1. The first kappa shape index (κ1) is 20.5. The number of aromatic nitrogens is 1. The van der Waals surface area contributed by atoms with E-state index in [1.807, 2.05) is 19.9 Å². The number of hydrogen-bond donors (Lipinski definition) is 2. The van der Waals surface area contributed by atoms with E-state index in [1.165, 1.54) is 12.1 Å². The second kappa shape index (κ2) is 8.82. The molecular weight excluding hydrogens is 371 g/mol. The molecule has 0 aliphatic heterocycles. The Morgan fingerprint density at radius 1 is 1.14 bits per heavy atom. The first-order valence-electron chi connectivity index (χ1n) is 9.38. The molecular formula is C23H25FN2O3. The van der Waals surface area contributed by atoms with Crippen LogP contribution in [0.2, 0.25) is 0 Å². The van der Waals surface area contributed by atoms with E-state index in [9.17, 15) is 9.18 Å². The van der Waals surface area contributed by atoms with Crippen molar-refractivity contribution in [2.45, 2.75) is 20.3 Å². The minimum atomic E-state index is -0.262. The summed E-state index contributed by atoms with van der Waals surface area (Å²) in [6, 6.07) is 8.68. The average molecular weight is 396 g/mol. The van der Waals surface area contributed by atoms with Gasteiger partial charge in [-0.25, -0.2) is 4.39 Å². The highest BCUT2D eigenvalue weighted by Gasteiger charge is 2.13. The first-order chi connectivity index (χ1) is 13.9. The number of amides is 1. The SMILES string of the molecule is COc1ccc(/C=C/C(=O)NCCc2c(C)[nH]c3c(F)ccc(C)c23)cc1OC. The van der Waals surface area contributed by atoms with Crippen molar-refractivity contribution in [1.82, 2.24) is 10.3 Å². The van der Waals surface area contributed by atoms with Gasteiger partial charge >= 0.3 is 0 Å². The molecule has 0 bridgehead atoms. The molecule has 0 radical (unpaired) electrons. The number of hydrogen-bond acceptors (Lipinski definition) is 3. The summed E-state index contributed by atoms with van der Waals surface area (Å²) in [6.45, 7) is 4.34. The van der Waals surface area contributed by atoms with Crippen LogP contribution in [0.15, 0.2) is 36.4 Å². The van der Waals surface area contributed by atoms with Crippen molar-refractivity contribution in [2.75, 3.05) is 20.8 Å². The Morgan fingerprint density at radius 3 is 2.62 bits per heavy atom. The summed E-state index contributed by atoms with van der Waals surface area (Å²) in [5, 5.41) is 3.78. The third-order valence-corrected chi connectivity index (χ3v) is 4.94. The van der Waals surface area contributed by atoms with Gasteiger partial charge in [-0.3, -0.25) is 4.79 Å². The van der Waals surface area contributed by atoms with Crippen LogP contribution in [0.25, 0.3) is 17.0 Å². The minimum absolute atomic E-state index is 0.194. The molecule has 3 rings (SSSR count). The highest BCUT2D eigenvalue weighted by Crippen LogP contribution is 2.28. The Kier molecular flexibility index (Phi) is 6.22. The van der Waals surface area contributed by atoms with E-state index in [1.54, 1.807) is 38.5 Å². The maximum absolute atomic E-state index is 14.0. The number of aryl methyl sites for hydroxylation is 2. The molecule has 29 heavy (non-hydrogen) atoms. The fourth-order valence-electron chi connectivity index (χ4n) is 3.45. The normalized spacial score (nSPS) is 11.2. The monoisotopic (exact) mass is 396 g/mol. The van der Waals surface area contributed by atoms with E-state index in [0.717, 1.165) is 27.8 Å². The Bertz CT molecular complexity index is 1070. The van der Waals surface area contributed by atoms with E-state index in [2.05, 4.69) is 10.3 Å². The number of benzene rings is 2. The maximum atomic E-state index is 14.0. The molecule has 2 aromatic carbocycles. The molecule has 1 heterocycles. The van der Waals surface area contributed by atoms with Crippen LogP contribution in [-0.4, -0.2) is 31.7 Å². The zero-order valence-electron chi connectivity index (χ0n) is 17.1. The van der Waals surface area contributed by atoms with Gasteiger partial charge in [-0.2, -0.15) is 0 Å². The van der Waals surface area contributed by atoms with Gasteiger partial charge in [-0.05, 0) is 61.2 Å². The van der Waals surface area contributed by atoms with Crippen LogP contribution in [0.3, 0.4) is 0 Å². The van der Waals surface area contributed by atoms with Gasteiger partial charge in [-0.15, -0.1) is 0 Å². The Hall–Kier alpha value is -3.28. The van der Waals surface area contributed by atoms with Crippen LogP contribution < -0.4 is 14.8 Å². The van der Waals surface area contributed by atoms with Gasteiger partial charge in [0.15, 0.2) is 11.5 Å². The summed E-state index contributed by atoms with van der Waals surface area (Å²) in [5.41, 5.74) is 4.32. The maximum Gasteiger partial charge on any atom is 0.244 e.